The molecule has 8 atom stereocenters. The minimum Gasteiger partial charge on any atom is -0.371 e. The van der Waals surface area contributed by atoms with Crippen LogP contribution in [-0.4, -0.2) is 32.0 Å². The van der Waals surface area contributed by atoms with E-state index in [1.807, 2.05) is 5.57 Å². The Hall–Kier alpha value is -0.380. The third-order valence-electron chi connectivity index (χ3n) is 10.6. The van der Waals surface area contributed by atoms with Crippen LogP contribution >= 0.6 is 0 Å². The lowest BCUT2D eigenvalue weighted by molar-refractivity contribution is -0.0578. The van der Waals surface area contributed by atoms with E-state index in [1.54, 1.807) is 5.57 Å². The molecule has 0 amide bonds. The fourth-order valence-corrected chi connectivity index (χ4v) is 8.74. The fraction of sp³-hybridized carbons (Fsp3) is 0.926. The van der Waals surface area contributed by atoms with Crippen molar-refractivity contribution in [2.75, 3.05) is 20.2 Å². The zero-order chi connectivity index (χ0) is 20.9. The summed E-state index contributed by atoms with van der Waals surface area (Å²) in [7, 11) is 2.13. The molecule has 3 heteroatoms. The molecule has 0 bridgehead atoms. The SMILES string of the molecule is CNC12CCCC3C(=C(C)COC1CC(C)CN2)CC1C3CCC2CCCCC21C. The van der Waals surface area contributed by atoms with Gasteiger partial charge in [-0.1, -0.05) is 32.3 Å². The smallest absolute Gasteiger partial charge is 0.0954 e. The summed E-state index contributed by atoms with van der Waals surface area (Å²) >= 11 is 0. The van der Waals surface area contributed by atoms with Crippen LogP contribution < -0.4 is 10.6 Å². The predicted molar refractivity (Wildman–Crippen MR) is 124 cm³/mol. The van der Waals surface area contributed by atoms with Crippen LogP contribution in [0.3, 0.4) is 0 Å². The standard InChI is InChI=1S/C27H46N2O/c1-18-14-25-27(28-4,29-16-18)13-7-9-21-22-11-10-20-8-5-6-12-26(20,3)24(22)15-23(21)19(2)17-30-25/h18,20-22,24-25,28-29H,5-17H2,1-4H3. The van der Waals surface area contributed by atoms with Crippen molar-refractivity contribution in [3.05, 3.63) is 11.1 Å². The van der Waals surface area contributed by atoms with E-state index in [4.69, 9.17) is 4.74 Å². The summed E-state index contributed by atoms with van der Waals surface area (Å²) < 4.78 is 6.71. The molecule has 30 heavy (non-hydrogen) atoms. The molecule has 2 aliphatic heterocycles. The summed E-state index contributed by atoms with van der Waals surface area (Å²) in [6.45, 7) is 9.40. The van der Waals surface area contributed by atoms with Gasteiger partial charge >= 0.3 is 0 Å². The van der Waals surface area contributed by atoms with Gasteiger partial charge in [-0.25, -0.2) is 0 Å². The van der Waals surface area contributed by atoms with E-state index in [2.05, 4.69) is 38.5 Å². The topological polar surface area (TPSA) is 33.3 Å². The van der Waals surface area contributed by atoms with Crippen molar-refractivity contribution in [3.63, 3.8) is 0 Å². The second-order valence-electron chi connectivity index (χ2n) is 12.0. The molecule has 2 N–H and O–H groups in total. The van der Waals surface area contributed by atoms with Crippen LogP contribution in [-0.2, 0) is 4.74 Å². The average Bonchev–Trinajstić information content (AvgIpc) is 3.13. The maximum Gasteiger partial charge on any atom is 0.0954 e. The van der Waals surface area contributed by atoms with E-state index < -0.39 is 0 Å². The zero-order valence-corrected chi connectivity index (χ0v) is 20.1. The molecular formula is C27H46N2O. The van der Waals surface area contributed by atoms with Crippen LogP contribution in [0, 0.1) is 35.0 Å². The number of likely N-dealkylation sites (N-methyl/N-ethyl adjacent to an activating group) is 1. The predicted octanol–water partition coefficient (Wildman–Crippen LogP) is 5.66. The van der Waals surface area contributed by atoms with Crippen molar-refractivity contribution in [3.8, 4) is 0 Å². The Morgan fingerprint density at radius 1 is 1.07 bits per heavy atom. The molecular weight excluding hydrogens is 368 g/mol. The van der Waals surface area contributed by atoms with E-state index in [-0.39, 0.29) is 11.8 Å². The van der Waals surface area contributed by atoms with Gasteiger partial charge in [0.1, 0.15) is 0 Å². The molecule has 0 radical (unpaired) electrons. The molecule has 3 nitrogen and oxygen atoms in total. The van der Waals surface area contributed by atoms with E-state index in [0.717, 1.165) is 36.8 Å². The van der Waals surface area contributed by atoms with Gasteiger partial charge in [-0.3, -0.25) is 5.32 Å². The number of hydrogen-bond donors (Lipinski definition) is 2. The van der Waals surface area contributed by atoms with Crippen LogP contribution in [0.15, 0.2) is 11.1 Å². The number of allylic oxidation sites excluding steroid dienone is 1. The molecule has 0 aromatic heterocycles. The lowest BCUT2D eigenvalue weighted by Gasteiger charge is -2.52. The van der Waals surface area contributed by atoms with Crippen molar-refractivity contribution < 1.29 is 4.74 Å². The number of hydrogen-bond acceptors (Lipinski definition) is 3. The highest BCUT2D eigenvalue weighted by atomic mass is 16.5. The minimum atomic E-state index is -0.0324. The lowest BCUT2D eigenvalue weighted by atomic mass is 9.52. The van der Waals surface area contributed by atoms with Gasteiger partial charge in [0.25, 0.3) is 0 Å². The van der Waals surface area contributed by atoms with Gasteiger partial charge < -0.3 is 10.1 Å². The molecule has 3 saturated carbocycles. The number of nitrogens with one attached hydrogen (secondary N) is 2. The second kappa shape index (κ2) is 8.19. The second-order valence-corrected chi connectivity index (χ2v) is 12.0. The van der Waals surface area contributed by atoms with Crippen molar-refractivity contribution in [1.29, 1.82) is 0 Å². The molecule has 5 rings (SSSR count). The van der Waals surface area contributed by atoms with Crippen LogP contribution in [0.2, 0.25) is 0 Å². The van der Waals surface area contributed by atoms with Crippen molar-refractivity contribution >= 4 is 0 Å². The lowest BCUT2D eigenvalue weighted by Crippen LogP contribution is -2.67. The van der Waals surface area contributed by atoms with Gasteiger partial charge in [-0.2, -0.15) is 0 Å². The zero-order valence-electron chi connectivity index (χ0n) is 20.1. The van der Waals surface area contributed by atoms with Crippen molar-refractivity contribution in [1.82, 2.24) is 10.6 Å². The maximum atomic E-state index is 6.71. The highest BCUT2D eigenvalue weighted by molar-refractivity contribution is 5.25. The first-order valence-electron chi connectivity index (χ1n) is 13.2. The Labute approximate surface area is 185 Å². The molecule has 170 valence electrons. The van der Waals surface area contributed by atoms with E-state index in [1.165, 1.54) is 70.6 Å². The minimum absolute atomic E-state index is 0.0324. The normalized spacial score (nSPS) is 49.6. The molecule has 1 saturated heterocycles. The molecule has 0 spiro atoms. The van der Waals surface area contributed by atoms with Crippen LogP contribution in [0.5, 0.6) is 0 Å². The molecule has 0 aromatic carbocycles. The molecule has 4 fully saturated rings. The first kappa shape index (κ1) is 21.5. The van der Waals surface area contributed by atoms with E-state index in [9.17, 15) is 0 Å². The van der Waals surface area contributed by atoms with E-state index in [0.29, 0.717) is 11.3 Å². The monoisotopic (exact) mass is 414 g/mol. The van der Waals surface area contributed by atoms with Gasteiger partial charge in [-0.05, 0) is 119 Å². The van der Waals surface area contributed by atoms with Crippen LogP contribution in [0.4, 0.5) is 0 Å². The number of ether oxygens (including phenoxy) is 1. The highest BCUT2D eigenvalue weighted by Crippen LogP contribution is 2.63. The van der Waals surface area contributed by atoms with Crippen LogP contribution in [0.1, 0.15) is 91.4 Å². The van der Waals surface area contributed by atoms with E-state index >= 15 is 0 Å². The Balaban J connectivity index is 1.42. The Morgan fingerprint density at radius 2 is 1.93 bits per heavy atom. The summed E-state index contributed by atoms with van der Waals surface area (Å²) in [6.07, 6.45) is 15.7. The molecule has 0 aromatic rings. The quantitative estimate of drug-likeness (QED) is 0.543. The highest BCUT2D eigenvalue weighted by Gasteiger charge is 2.55. The van der Waals surface area contributed by atoms with Crippen LogP contribution in [0.25, 0.3) is 0 Å². The molecule has 2 heterocycles. The average molecular weight is 415 g/mol. The van der Waals surface area contributed by atoms with Crippen molar-refractivity contribution in [2.45, 2.75) is 103 Å². The first-order chi connectivity index (χ1) is 14.5. The molecule has 8 unspecified atom stereocenters. The van der Waals surface area contributed by atoms with Gasteiger partial charge in [-0.15, -0.1) is 0 Å². The summed E-state index contributed by atoms with van der Waals surface area (Å²) in [4.78, 5) is 0. The number of fused-ring (bicyclic) bond motifs is 6. The molecule has 5 aliphatic rings. The third kappa shape index (κ3) is 3.42. The summed E-state index contributed by atoms with van der Waals surface area (Å²) in [5, 5.41) is 7.55. The first-order valence-corrected chi connectivity index (χ1v) is 13.2. The maximum absolute atomic E-state index is 6.71. The Kier molecular flexibility index (Phi) is 5.86. The summed E-state index contributed by atoms with van der Waals surface area (Å²) in [5.74, 6) is 4.39. The molecule has 3 aliphatic carbocycles. The largest absolute Gasteiger partial charge is 0.371 e. The van der Waals surface area contributed by atoms with Gasteiger partial charge in [0.15, 0.2) is 0 Å². The van der Waals surface area contributed by atoms with Crippen molar-refractivity contribution in [2.24, 2.45) is 35.0 Å². The summed E-state index contributed by atoms with van der Waals surface area (Å²) in [5.41, 5.74) is 3.98. The van der Waals surface area contributed by atoms with Gasteiger partial charge in [0.05, 0.1) is 18.4 Å². The number of piperidine rings is 1. The third-order valence-corrected chi connectivity index (χ3v) is 10.6. The fourth-order valence-electron chi connectivity index (χ4n) is 8.74. The Bertz CT molecular complexity index is 674. The Morgan fingerprint density at radius 3 is 2.77 bits per heavy atom. The van der Waals surface area contributed by atoms with Gasteiger partial charge in [0.2, 0.25) is 0 Å². The van der Waals surface area contributed by atoms with Gasteiger partial charge in [0, 0.05) is 0 Å². The number of rotatable bonds is 1. The summed E-state index contributed by atoms with van der Waals surface area (Å²) in [6, 6.07) is 0.